The third kappa shape index (κ3) is 4.93. The standard InChI is InChI=1S/C27H31NO4/c1-18-24(26(30)32-6)23(17-20-7-11-21(12-8-20)27(2,3)4)25(29)28(18)16-15-19-9-13-22(31-5)14-10-19/h7-14,17H,15-16H2,1-6H3/b23-17-. The highest BCUT2D eigenvalue weighted by molar-refractivity contribution is 6.16. The molecule has 2 aromatic carbocycles. The maximum absolute atomic E-state index is 13.3. The van der Waals surface area contributed by atoms with Crippen molar-refractivity contribution >= 4 is 18.0 Å². The molecular weight excluding hydrogens is 402 g/mol. The van der Waals surface area contributed by atoms with E-state index in [1.807, 2.05) is 36.4 Å². The van der Waals surface area contributed by atoms with Gasteiger partial charge in [0.05, 0.1) is 25.4 Å². The van der Waals surface area contributed by atoms with E-state index in [9.17, 15) is 9.59 Å². The molecule has 5 nitrogen and oxygen atoms in total. The number of hydrogen-bond acceptors (Lipinski definition) is 4. The van der Waals surface area contributed by atoms with Gasteiger partial charge in [0.15, 0.2) is 0 Å². The Labute approximate surface area is 190 Å². The Hall–Kier alpha value is -3.34. The van der Waals surface area contributed by atoms with Crippen LogP contribution in [0.2, 0.25) is 0 Å². The number of carbonyl (C=O) groups is 2. The lowest BCUT2D eigenvalue weighted by Crippen LogP contribution is -2.27. The summed E-state index contributed by atoms with van der Waals surface area (Å²) < 4.78 is 10.2. The summed E-state index contributed by atoms with van der Waals surface area (Å²) in [7, 11) is 2.97. The lowest BCUT2D eigenvalue weighted by atomic mass is 9.86. The highest BCUT2D eigenvalue weighted by Gasteiger charge is 2.36. The Balaban J connectivity index is 1.88. The van der Waals surface area contributed by atoms with Crippen LogP contribution in [-0.4, -0.2) is 37.5 Å². The van der Waals surface area contributed by atoms with E-state index in [4.69, 9.17) is 9.47 Å². The average Bonchev–Trinajstić information content (AvgIpc) is 3.01. The molecule has 0 radical (unpaired) electrons. The predicted octanol–water partition coefficient (Wildman–Crippen LogP) is 4.91. The van der Waals surface area contributed by atoms with Crippen LogP contribution in [0, 0.1) is 0 Å². The molecule has 1 amide bonds. The molecule has 1 aliphatic rings. The van der Waals surface area contributed by atoms with Crippen molar-refractivity contribution in [3.8, 4) is 5.75 Å². The molecule has 3 rings (SSSR count). The number of carbonyl (C=O) groups excluding carboxylic acids is 2. The predicted molar refractivity (Wildman–Crippen MR) is 126 cm³/mol. The molecule has 5 heteroatoms. The molecule has 0 unspecified atom stereocenters. The number of nitrogens with zero attached hydrogens (tertiary/aromatic N) is 1. The summed E-state index contributed by atoms with van der Waals surface area (Å²) >= 11 is 0. The van der Waals surface area contributed by atoms with E-state index >= 15 is 0 Å². The van der Waals surface area contributed by atoms with Gasteiger partial charge in [-0.3, -0.25) is 4.79 Å². The first-order chi connectivity index (χ1) is 15.2. The fraction of sp³-hybridized carbons (Fsp3) is 0.333. The van der Waals surface area contributed by atoms with Crippen molar-refractivity contribution in [1.29, 1.82) is 0 Å². The van der Waals surface area contributed by atoms with E-state index in [1.165, 1.54) is 12.7 Å². The summed E-state index contributed by atoms with van der Waals surface area (Å²) in [6.07, 6.45) is 2.44. The average molecular weight is 434 g/mol. The number of allylic oxidation sites excluding steroid dienone is 1. The summed E-state index contributed by atoms with van der Waals surface area (Å²) in [6.45, 7) is 8.73. The molecule has 2 aromatic rings. The van der Waals surface area contributed by atoms with Gasteiger partial charge in [0.25, 0.3) is 5.91 Å². The number of rotatable bonds is 6. The summed E-state index contributed by atoms with van der Waals surface area (Å²) in [5.74, 6) is 0.106. The first kappa shape index (κ1) is 23.3. The minimum absolute atomic E-state index is 0.0424. The van der Waals surface area contributed by atoms with Crippen LogP contribution in [0.3, 0.4) is 0 Å². The van der Waals surface area contributed by atoms with E-state index < -0.39 is 5.97 Å². The maximum atomic E-state index is 13.3. The molecule has 0 bridgehead atoms. The molecule has 0 atom stereocenters. The third-order valence-corrected chi connectivity index (χ3v) is 5.77. The lowest BCUT2D eigenvalue weighted by molar-refractivity contribution is -0.136. The highest BCUT2D eigenvalue weighted by atomic mass is 16.5. The molecule has 32 heavy (non-hydrogen) atoms. The van der Waals surface area contributed by atoms with Gasteiger partial charge >= 0.3 is 5.97 Å². The van der Waals surface area contributed by atoms with Crippen LogP contribution in [-0.2, 0) is 26.2 Å². The first-order valence-corrected chi connectivity index (χ1v) is 10.7. The van der Waals surface area contributed by atoms with E-state index in [2.05, 4.69) is 32.9 Å². The van der Waals surface area contributed by atoms with Crippen LogP contribution >= 0.6 is 0 Å². The van der Waals surface area contributed by atoms with Gasteiger partial charge in [-0.05, 0) is 53.7 Å². The van der Waals surface area contributed by atoms with Crippen LogP contribution < -0.4 is 4.74 Å². The monoisotopic (exact) mass is 433 g/mol. The zero-order chi connectivity index (χ0) is 23.5. The smallest absolute Gasteiger partial charge is 0.340 e. The molecule has 0 saturated heterocycles. The number of ether oxygens (including phenoxy) is 2. The third-order valence-electron chi connectivity index (χ3n) is 5.77. The zero-order valence-corrected chi connectivity index (χ0v) is 19.7. The lowest BCUT2D eigenvalue weighted by Gasteiger charge is -2.19. The van der Waals surface area contributed by atoms with E-state index in [0.29, 0.717) is 29.8 Å². The number of hydrogen-bond donors (Lipinski definition) is 0. The van der Waals surface area contributed by atoms with Crippen LogP contribution in [0.5, 0.6) is 5.75 Å². The van der Waals surface area contributed by atoms with Gasteiger partial charge < -0.3 is 14.4 Å². The molecule has 0 aromatic heterocycles. The number of methoxy groups -OCH3 is 2. The quantitative estimate of drug-likeness (QED) is 0.480. The SMILES string of the molecule is COC(=O)C1=C(C)N(CCc2ccc(OC)cc2)C(=O)/C1=C\c1ccc(C(C)(C)C)cc1. The first-order valence-electron chi connectivity index (χ1n) is 10.7. The Kier molecular flexibility index (Phi) is 6.87. The van der Waals surface area contributed by atoms with Crippen molar-refractivity contribution in [3.05, 3.63) is 82.1 Å². The molecule has 0 fully saturated rings. The molecule has 0 spiro atoms. The Morgan fingerprint density at radius 1 is 1.00 bits per heavy atom. The van der Waals surface area contributed by atoms with Crippen molar-refractivity contribution < 1.29 is 19.1 Å². The minimum atomic E-state index is -0.500. The molecule has 168 valence electrons. The van der Waals surface area contributed by atoms with Gasteiger partial charge in [-0.25, -0.2) is 4.79 Å². The minimum Gasteiger partial charge on any atom is -0.497 e. The van der Waals surface area contributed by atoms with Crippen LogP contribution in [0.1, 0.15) is 44.4 Å². The fourth-order valence-electron chi connectivity index (χ4n) is 3.78. The van der Waals surface area contributed by atoms with E-state index in [0.717, 1.165) is 16.9 Å². The van der Waals surface area contributed by atoms with Gasteiger partial charge in [-0.1, -0.05) is 57.2 Å². The number of esters is 1. The van der Waals surface area contributed by atoms with Crippen molar-refractivity contribution in [2.75, 3.05) is 20.8 Å². The number of benzene rings is 2. The second-order valence-electron chi connectivity index (χ2n) is 8.94. The van der Waals surface area contributed by atoms with Gasteiger partial charge in [0, 0.05) is 12.2 Å². The van der Waals surface area contributed by atoms with E-state index in [1.54, 1.807) is 25.0 Å². The molecule has 0 saturated carbocycles. The second kappa shape index (κ2) is 9.43. The van der Waals surface area contributed by atoms with Crippen molar-refractivity contribution in [2.45, 2.75) is 39.5 Å². The van der Waals surface area contributed by atoms with E-state index in [-0.39, 0.29) is 11.3 Å². The van der Waals surface area contributed by atoms with Crippen LogP contribution in [0.25, 0.3) is 6.08 Å². The van der Waals surface area contributed by atoms with Crippen molar-refractivity contribution in [2.24, 2.45) is 0 Å². The summed E-state index contributed by atoms with van der Waals surface area (Å²) in [6, 6.07) is 15.8. The largest absolute Gasteiger partial charge is 0.497 e. The Morgan fingerprint density at radius 3 is 2.16 bits per heavy atom. The zero-order valence-electron chi connectivity index (χ0n) is 19.7. The van der Waals surface area contributed by atoms with Crippen LogP contribution in [0.15, 0.2) is 65.4 Å². The molecular formula is C27H31NO4. The molecule has 1 aliphatic heterocycles. The highest BCUT2D eigenvalue weighted by Crippen LogP contribution is 2.32. The molecule has 0 aliphatic carbocycles. The maximum Gasteiger partial charge on any atom is 0.340 e. The summed E-state index contributed by atoms with van der Waals surface area (Å²) in [5, 5.41) is 0. The summed E-state index contributed by atoms with van der Waals surface area (Å²) in [4.78, 5) is 27.5. The Morgan fingerprint density at radius 2 is 1.62 bits per heavy atom. The molecule has 0 N–H and O–H groups in total. The normalized spacial score (nSPS) is 15.5. The van der Waals surface area contributed by atoms with Crippen molar-refractivity contribution in [1.82, 2.24) is 4.90 Å². The number of amides is 1. The van der Waals surface area contributed by atoms with Gasteiger partial charge in [-0.2, -0.15) is 0 Å². The molecule has 1 heterocycles. The van der Waals surface area contributed by atoms with Gasteiger partial charge in [0.2, 0.25) is 0 Å². The van der Waals surface area contributed by atoms with Crippen LogP contribution in [0.4, 0.5) is 0 Å². The summed E-state index contributed by atoms with van der Waals surface area (Å²) in [5.41, 5.74) is 4.51. The van der Waals surface area contributed by atoms with Gasteiger partial charge in [-0.15, -0.1) is 0 Å². The van der Waals surface area contributed by atoms with Crippen molar-refractivity contribution in [3.63, 3.8) is 0 Å². The topological polar surface area (TPSA) is 55.8 Å². The fourth-order valence-corrected chi connectivity index (χ4v) is 3.78. The second-order valence-corrected chi connectivity index (χ2v) is 8.94. The Bertz CT molecular complexity index is 1050. The van der Waals surface area contributed by atoms with Gasteiger partial charge in [0.1, 0.15) is 5.75 Å².